The standard InChI is InChI=1S/C15H24N2O3S/c1-11-8-14(5-4-12(11)10-16)21(18,19)17-13-6-7-20-15(2,3)9-13/h4-5,8,13,17H,6-7,9-10,16H2,1-3H3. The van der Waals surface area contributed by atoms with E-state index in [1.807, 2.05) is 20.8 Å². The van der Waals surface area contributed by atoms with Crippen LogP contribution in [-0.2, 0) is 21.3 Å². The molecule has 1 saturated heterocycles. The van der Waals surface area contributed by atoms with E-state index in [2.05, 4.69) is 4.72 Å². The zero-order valence-electron chi connectivity index (χ0n) is 12.8. The number of hydrogen-bond donors (Lipinski definition) is 2. The summed E-state index contributed by atoms with van der Waals surface area (Å²) >= 11 is 0. The van der Waals surface area contributed by atoms with Crippen molar-refractivity contribution in [2.75, 3.05) is 6.61 Å². The Labute approximate surface area is 126 Å². The number of nitrogens with one attached hydrogen (secondary N) is 1. The first-order chi connectivity index (χ1) is 9.73. The van der Waals surface area contributed by atoms with E-state index in [9.17, 15) is 8.42 Å². The fourth-order valence-electron chi connectivity index (χ4n) is 2.68. The minimum Gasteiger partial charge on any atom is -0.375 e. The molecule has 1 atom stereocenters. The van der Waals surface area contributed by atoms with Gasteiger partial charge in [0, 0.05) is 19.2 Å². The van der Waals surface area contributed by atoms with Crippen molar-refractivity contribution in [3.05, 3.63) is 29.3 Å². The van der Waals surface area contributed by atoms with E-state index >= 15 is 0 Å². The Kier molecular flexibility index (Phi) is 4.72. The summed E-state index contributed by atoms with van der Waals surface area (Å²) in [4.78, 5) is 0.293. The van der Waals surface area contributed by atoms with Gasteiger partial charge in [0.2, 0.25) is 10.0 Å². The molecule has 0 amide bonds. The van der Waals surface area contributed by atoms with E-state index in [1.54, 1.807) is 18.2 Å². The van der Waals surface area contributed by atoms with Crippen molar-refractivity contribution in [2.24, 2.45) is 5.73 Å². The molecular weight excluding hydrogens is 288 g/mol. The summed E-state index contributed by atoms with van der Waals surface area (Å²) in [5.74, 6) is 0. The Morgan fingerprint density at radius 2 is 2.14 bits per heavy atom. The van der Waals surface area contributed by atoms with Gasteiger partial charge in [-0.05, 0) is 56.9 Å². The lowest BCUT2D eigenvalue weighted by molar-refractivity contribution is -0.0599. The number of hydrogen-bond acceptors (Lipinski definition) is 4. The second kappa shape index (κ2) is 6.04. The zero-order valence-corrected chi connectivity index (χ0v) is 13.7. The smallest absolute Gasteiger partial charge is 0.240 e. The number of ether oxygens (including phenoxy) is 1. The van der Waals surface area contributed by atoms with Gasteiger partial charge in [0.05, 0.1) is 10.5 Å². The molecule has 0 bridgehead atoms. The second-order valence-corrected chi connectivity index (χ2v) is 7.93. The fraction of sp³-hybridized carbons (Fsp3) is 0.600. The Hall–Kier alpha value is -0.950. The molecule has 0 radical (unpaired) electrons. The van der Waals surface area contributed by atoms with Crippen LogP contribution >= 0.6 is 0 Å². The van der Waals surface area contributed by atoms with Crippen molar-refractivity contribution >= 4 is 10.0 Å². The lowest BCUT2D eigenvalue weighted by atomic mass is 9.95. The monoisotopic (exact) mass is 312 g/mol. The molecule has 5 nitrogen and oxygen atoms in total. The van der Waals surface area contributed by atoms with Crippen LogP contribution in [-0.4, -0.2) is 26.7 Å². The lowest BCUT2D eigenvalue weighted by Crippen LogP contribution is -2.45. The molecule has 1 unspecified atom stereocenters. The molecule has 1 fully saturated rings. The average molecular weight is 312 g/mol. The van der Waals surface area contributed by atoms with E-state index < -0.39 is 10.0 Å². The molecule has 0 spiro atoms. The summed E-state index contributed by atoms with van der Waals surface area (Å²) in [6.07, 6.45) is 1.37. The third-order valence-electron chi connectivity index (χ3n) is 3.86. The fourth-order valence-corrected chi connectivity index (χ4v) is 4.04. The topological polar surface area (TPSA) is 81.4 Å². The number of sulfonamides is 1. The highest BCUT2D eigenvalue weighted by molar-refractivity contribution is 7.89. The summed E-state index contributed by atoms with van der Waals surface area (Å²) in [5, 5.41) is 0. The van der Waals surface area contributed by atoms with Crippen LogP contribution in [0.25, 0.3) is 0 Å². The van der Waals surface area contributed by atoms with E-state index in [0.717, 1.165) is 11.1 Å². The van der Waals surface area contributed by atoms with Gasteiger partial charge < -0.3 is 10.5 Å². The summed E-state index contributed by atoms with van der Waals surface area (Å²) < 4.78 is 33.4. The Morgan fingerprint density at radius 1 is 1.43 bits per heavy atom. The zero-order chi connectivity index (χ0) is 15.7. The molecule has 1 heterocycles. The van der Waals surface area contributed by atoms with Gasteiger partial charge in [0.25, 0.3) is 0 Å². The third kappa shape index (κ3) is 4.03. The summed E-state index contributed by atoms with van der Waals surface area (Å²) in [6, 6.07) is 4.97. The van der Waals surface area contributed by atoms with Gasteiger partial charge in [-0.25, -0.2) is 13.1 Å². The predicted molar refractivity (Wildman–Crippen MR) is 82.4 cm³/mol. The molecule has 3 N–H and O–H groups in total. The van der Waals surface area contributed by atoms with Crippen LogP contribution in [0.1, 0.15) is 37.8 Å². The number of benzene rings is 1. The van der Waals surface area contributed by atoms with Crippen molar-refractivity contribution in [2.45, 2.75) is 56.7 Å². The number of rotatable bonds is 4. The van der Waals surface area contributed by atoms with Gasteiger partial charge in [0.15, 0.2) is 0 Å². The van der Waals surface area contributed by atoms with Crippen LogP contribution in [0.5, 0.6) is 0 Å². The van der Waals surface area contributed by atoms with Crippen molar-refractivity contribution in [1.82, 2.24) is 4.72 Å². The van der Waals surface area contributed by atoms with Gasteiger partial charge in [-0.15, -0.1) is 0 Å². The van der Waals surface area contributed by atoms with Crippen LogP contribution in [0.2, 0.25) is 0 Å². The molecule has 2 rings (SSSR count). The van der Waals surface area contributed by atoms with Crippen LogP contribution < -0.4 is 10.5 Å². The first kappa shape index (κ1) is 16.4. The third-order valence-corrected chi connectivity index (χ3v) is 5.38. The Balaban J connectivity index is 2.17. The quantitative estimate of drug-likeness (QED) is 0.886. The largest absolute Gasteiger partial charge is 0.375 e. The first-order valence-electron chi connectivity index (χ1n) is 7.19. The molecule has 21 heavy (non-hydrogen) atoms. The molecule has 1 aromatic rings. The highest BCUT2D eigenvalue weighted by atomic mass is 32.2. The number of aryl methyl sites for hydroxylation is 1. The minimum absolute atomic E-state index is 0.0896. The number of nitrogens with two attached hydrogens (primary N) is 1. The van der Waals surface area contributed by atoms with E-state index in [-0.39, 0.29) is 11.6 Å². The molecule has 0 aliphatic carbocycles. The Morgan fingerprint density at radius 3 is 2.71 bits per heavy atom. The highest BCUT2D eigenvalue weighted by Crippen LogP contribution is 2.25. The van der Waals surface area contributed by atoms with Gasteiger partial charge >= 0.3 is 0 Å². The van der Waals surface area contributed by atoms with Crippen LogP contribution in [0, 0.1) is 6.92 Å². The van der Waals surface area contributed by atoms with E-state index in [1.165, 1.54) is 0 Å². The Bertz CT molecular complexity index is 611. The van der Waals surface area contributed by atoms with Gasteiger partial charge in [-0.2, -0.15) is 0 Å². The normalized spacial score (nSPS) is 22.2. The maximum Gasteiger partial charge on any atom is 0.240 e. The first-order valence-corrected chi connectivity index (χ1v) is 8.68. The minimum atomic E-state index is -3.50. The highest BCUT2D eigenvalue weighted by Gasteiger charge is 2.31. The summed E-state index contributed by atoms with van der Waals surface area (Å²) in [5.41, 5.74) is 7.18. The molecule has 6 heteroatoms. The summed E-state index contributed by atoms with van der Waals surface area (Å²) in [7, 11) is -3.50. The maximum absolute atomic E-state index is 12.5. The van der Waals surface area contributed by atoms with Crippen molar-refractivity contribution in [3.8, 4) is 0 Å². The molecule has 1 aliphatic heterocycles. The van der Waals surface area contributed by atoms with Crippen LogP contribution in [0.3, 0.4) is 0 Å². The lowest BCUT2D eigenvalue weighted by Gasteiger charge is -2.35. The van der Waals surface area contributed by atoms with Gasteiger partial charge in [-0.1, -0.05) is 6.07 Å². The molecule has 1 aromatic carbocycles. The molecular formula is C15H24N2O3S. The van der Waals surface area contributed by atoms with Gasteiger partial charge in [-0.3, -0.25) is 0 Å². The SMILES string of the molecule is Cc1cc(S(=O)(=O)NC2CCOC(C)(C)C2)ccc1CN. The van der Waals surface area contributed by atoms with Crippen molar-refractivity contribution < 1.29 is 13.2 Å². The summed E-state index contributed by atoms with van der Waals surface area (Å²) in [6.45, 7) is 6.82. The van der Waals surface area contributed by atoms with Crippen molar-refractivity contribution in [1.29, 1.82) is 0 Å². The molecule has 0 saturated carbocycles. The van der Waals surface area contributed by atoms with Gasteiger partial charge in [0.1, 0.15) is 0 Å². The van der Waals surface area contributed by atoms with E-state index in [0.29, 0.717) is 30.9 Å². The molecule has 118 valence electrons. The molecule has 1 aliphatic rings. The van der Waals surface area contributed by atoms with Crippen LogP contribution in [0.15, 0.2) is 23.1 Å². The average Bonchev–Trinajstić information content (AvgIpc) is 2.36. The maximum atomic E-state index is 12.5. The van der Waals surface area contributed by atoms with Crippen molar-refractivity contribution in [3.63, 3.8) is 0 Å². The van der Waals surface area contributed by atoms with E-state index in [4.69, 9.17) is 10.5 Å². The second-order valence-electron chi connectivity index (χ2n) is 6.21. The van der Waals surface area contributed by atoms with Crippen LogP contribution in [0.4, 0.5) is 0 Å². The predicted octanol–water partition coefficient (Wildman–Crippen LogP) is 1.69. The molecule has 0 aromatic heterocycles.